The van der Waals surface area contributed by atoms with Gasteiger partial charge in [-0.3, -0.25) is 0 Å². The molecule has 1 aromatic rings. The molecule has 1 aromatic carbocycles. The topological polar surface area (TPSA) is 26.0 Å². The second kappa shape index (κ2) is 4.80. The van der Waals surface area contributed by atoms with Gasteiger partial charge in [0, 0.05) is 11.6 Å². The second-order valence-corrected chi connectivity index (χ2v) is 8.18. The normalized spacial score (nSPS) is 23.6. The molecule has 1 fully saturated rings. The lowest BCUT2D eigenvalue weighted by Gasteiger charge is -2.50. The Morgan fingerprint density at radius 3 is 1.80 bits per heavy atom. The van der Waals surface area contributed by atoms with Crippen molar-refractivity contribution in [1.29, 1.82) is 0 Å². The van der Waals surface area contributed by atoms with Crippen LogP contribution in [-0.4, -0.2) is 5.54 Å². The summed E-state index contributed by atoms with van der Waals surface area (Å²) in [6.45, 7) is 8.90. The molecule has 1 nitrogen and oxygen atoms in total. The highest BCUT2D eigenvalue weighted by Gasteiger charge is 2.45. The fourth-order valence-electron chi connectivity index (χ4n) is 4.63. The summed E-state index contributed by atoms with van der Waals surface area (Å²) in [5.74, 6) is -1.06. The molecule has 0 spiro atoms. The predicted octanol–water partition coefficient (Wildman–Crippen LogP) is 4.44. The van der Waals surface area contributed by atoms with Gasteiger partial charge in [-0.05, 0) is 54.2 Å². The van der Waals surface area contributed by atoms with E-state index in [1.54, 1.807) is 0 Å². The van der Waals surface area contributed by atoms with E-state index in [0.717, 1.165) is 25.3 Å². The maximum absolute atomic E-state index is 13.3. The van der Waals surface area contributed by atoms with Crippen molar-refractivity contribution in [2.24, 2.45) is 16.6 Å². The van der Waals surface area contributed by atoms with Gasteiger partial charge in [-0.2, -0.15) is 0 Å². The van der Waals surface area contributed by atoms with E-state index in [2.05, 4.69) is 27.7 Å². The molecule has 1 saturated carbocycles. The summed E-state index contributed by atoms with van der Waals surface area (Å²) in [7, 11) is 0. The number of halogens is 2. The molecule has 0 amide bonds. The zero-order chi connectivity index (χ0) is 15.2. The lowest BCUT2D eigenvalue weighted by Crippen LogP contribution is -2.53. The minimum absolute atomic E-state index is 0.155. The van der Waals surface area contributed by atoms with Crippen molar-refractivity contribution in [2.75, 3.05) is 0 Å². The average molecular weight is 281 g/mol. The number of hydrogen-bond donors (Lipinski definition) is 1. The van der Waals surface area contributed by atoms with Gasteiger partial charge in [0.15, 0.2) is 0 Å². The van der Waals surface area contributed by atoms with Gasteiger partial charge in [0.05, 0.1) is 0 Å². The third-order valence-corrected chi connectivity index (χ3v) is 4.10. The summed E-state index contributed by atoms with van der Waals surface area (Å²) in [5.41, 5.74) is 7.16. The Labute approximate surface area is 120 Å². The Bertz CT molecular complexity index is 469. The molecular weight excluding hydrogens is 256 g/mol. The van der Waals surface area contributed by atoms with E-state index < -0.39 is 17.2 Å². The SMILES string of the molecule is CC1(C)CC(C)(C)CC(N)(Cc2cc(F)cc(F)c2)C1. The molecule has 0 atom stereocenters. The minimum atomic E-state index is -0.530. The van der Waals surface area contributed by atoms with Gasteiger partial charge in [0.25, 0.3) is 0 Å². The van der Waals surface area contributed by atoms with Gasteiger partial charge in [-0.1, -0.05) is 27.7 Å². The van der Waals surface area contributed by atoms with Crippen molar-refractivity contribution in [3.05, 3.63) is 35.4 Å². The first-order valence-corrected chi connectivity index (χ1v) is 7.23. The molecular formula is C17H25F2N. The average Bonchev–Trinajstić information content (AvgIpc) is 2.06. The quantitative estimate of drug-likeness (QED) is 0.852. The fraction of sp³-hybridized carbons (Fsp3) is 0.647. The molecule has 0 heterocycles. The molecule has 0 aliphatic heterocycles. The van der Waals surface area contributed by atoms with Crippen LogP contribution in [0.15, 0.2) is 18.2 Å². The third kappa shape index (κ3) is 3.78. The zero-order valence-corrected chi connectivity index (χ0v) is 12.9. The van der Waals surface area contributed by atoms with Gasteiger partial charge in [0.1, 0.15) is 11.6 Å². The second-order valence-electron chi connectivity index (χ2n) is 8.18. The largest absolute Gasteiger partial charge is 0.325 e. The zero-order valence-electron chi connectivity index (χ0n) is 12.9. The molecule has 1 aliphatic rings. The first kappa shape index (κ1) is 15.4. The first-order chi connectivity index (χ1) is 8.99. The molecule has 0 radical (unpaired) electrons. The van der Waals surface area contributed by atoms with Crippen LogP contribution in [0.25, 0.3) is 0 Å². The molecule has 2 N–H and O–H groups in total. The maximum atomic E-state index is 13.3. The van der Waals surface area contributed by atoms with Crippen molar-refractivity contribution >= 4 is 0 Å². The van der Waals surface area contributed by atoms with Crippen molar-refractivity contribution in [2.45, 2.75) is 58.9 Å². The number of nitrogens with two attached hydrogens (primary N) is 1. The first-order valence-electron chi connectivity index (χ1n) is 7.23. The molecule has 0 unspecified atom stereocenters. The molecule has 0 bridgehead atoms. The summed E-state index contributed by atoms with van der Waals surface area (Å²) in [4.78, 5) is 0. The molecule has 20 heavy (non-hydrogen) atoms. The monoisotopic (exact) mass is 281 g/mol. The molecule has 0 aromatic heterocycles. The number of benzene rings is 1. The van der Waals surface area contributed by atoms with Gasteiger partial charge in [0.2, 0.25) is 0 Å². The predicted molar refractivity (Wildman–Crippen MR) is 78.4 cm³/mol. The standard InChI is InChI=1S/C17H25F2N/c1-15(2)9-16(3,4)11-17(20,10-15)8-12-5-13(18)7-14(19)6-12/h5-7H,8-11,20H2,1-4H3. The van der Waals surface area contributed by atoms with E-state index in [1.807, 2.05) is 0 Å². The molecule has 0 saturated heterocycles. The van der Waals surface area contributed by atoms with E-state index in [1.165, 1.54) is 12.1 Å². The van der Waals surface area contributed by atoms with Crippen LogP contribution in [0.5, 0.6) is 0 Å². The van der Waals surface area contributed by atoms with E-state index in [9.17, 15) is 8.78 Å². The summed E-state index contributed by atoms with van der Waals surface area (Å²) in [6, 6.07) is 3.69. The maximum Gasteiger partial charge on any atom is 0.126 e. The number of hydrogen-bond acceptors (Lipinski definition) is 1. The van der Waals surface area contributed by atoms with Crippen LogP contribution in [0.4, 0.5) is 8.78 Å². The van der Waals surface area contributed by atoms with Crippen LogP contribution >= 0.6 is 0 Å². The fourth-order valence-corrected chi connectivity index (χ4v) is 4.63. The smallest absolute Gasteiger partial charge is 0.126 e. The van der Waals surface area contributed by atoms with Crippen LogP contribution in [0.1, 0.15) is 52.5 Å². The number of rotatable bonds is 2. The lowest BCUT2D eigenvalue weighted by atomic mass is 9.57. The van der Waals surface area contributed by atoms with E-state index in [4.69, 9.17) is 5.73 Å². The molecule has 3 heteroatoms. The highest BCUT2D eigenvalue weighted by Crippen LogP contribution is 2.50. The van der Waals surface area contributed by atoms with Gasteiger partial charge >= 0.3 is 0 Å². The Hall–Kier alpha value is -0.960. The summed E-state index contributed by atoms with van der Waals surface area (Å²) in [6.07, 6.45) is 3.40. The molecule has 2 rings (SSSR count). The van der Waals surface area contributed by atoms with E-state index in [-0.39, 0.29) is 10.8 Å². The van der Waals surface area contributed by atoms with Crippen molar-refractivity contribution < 1.29 is 8.78 Å². The van der Waals surface area contributed by atoms with Crippen LogP contribution in [0, 0.1) is 22.5 Å². The summed E-state index contributed by atoms with van der Waals surface area (Å²) >= 11 is 0. The molecule has 1 aliphatic carbocycles. The highest BCUT2D eigenvalue weighted by atomic mass is 19.1. The van der Waals surface area contributed by atoms with Crippen LogP contribution in [0.2, 0.25) is 0 Å². The van der Waals surface area contributed by atoms with Gasteiger partial charge in [-0.25, -0.2) is 8.78 Å². The Morgan fingerprint density at radius 2 is 1.35 bits per heavy atom. The van der Waals surface area contributed by atoms with Gasteiger partial charge in [-0.15, -0.1) is 0 Å². The van der Waals surface area contributed by atoms with Crippen LogP contribution in [0.3, 0.4) is 0 Å². The summed E-state index contributed by atoms with van der Waals surface area (Å²) in [5, 5.41) is 0. The Morgan fingerprint density at radius 1 is 0.900 bits per heavy atom. The summed E-state index contributed by atoms with van der Waals surface area (Å²) < 4.78 is 26.7. The molecule has 112 valence electrons. The van der Waals surface area contributed by atoms with Gasteiger partial charge < -0.3 is 5.73 Å². The Balaban J connectivity index is 2.26. The lowest BCUT2D eigenvalue weighted by molar-refractivity contribution is 0.0487. The van der Waals surface area contributed by atoms with E-state index in [0.29, 0.717) is 12.0 Å². The van der Waals surface area contributed by atoms with Crippen LogP contribution < -0.4 is 5.73 Å². The van der Waals surface area contributed by atoms with E-state index >= 15 is 0 Å². The van der Waals surface area contributed by atoms with Crippen molar-refractivity contribution in [3.63, 3.8) is 0 Å². The van der Waals surface area contributed by atoms with Crippen molar-refractivity contribution in [1.82, 2.24) is 0 Å². The van der Waals surface area contributed by atoms with Crippen LogP contribution in [-0.2, 0) is 6.42 Å². The Kier molecular flexibility index (Phi) is 3.70. The highest BCUT2D eigenvalue weighted by molar-refractivity contribution is 5.21. The minimum Gasteiger partial charge on any atom is -0.325 e. The third-order valence-electron chi connectivity index (χ3n) is 4.10. The van der Waals surface area contributed by atoms with Crippen molar-refractivity contribution in [3.8, 4) is 0 Å².